The van der Waals surface area contributed by atoms with Gasteiger partial charge >= 0.3 is 0 Å². The largest absolute Gasteiger partial charge is 0.497 e. The molecular formula is C28H26N3O2+. The van der Waals surface area contributed by atoms with E-state index in [2.05, 4.69) is 35.0 Å². The normalized spacial score (nSPS) is 13.1. The van der Waals surface area contributed by atoms with E-state index in [0.717, 1.165) is 45.9 Å². The van der Waals surface area contributed by atoms with Crippen LogP contribution < -0.4 is 9.30 Å². The number of fused-ring (bicyclic) bond motifs is 1. The topological polar surface area (TPSA) is 50.6 Å². The van der Waals surface area contributed by atoms with Crippen molar-refractivity contribution in [3.8, 4) is 17.3 Å². The molecule has 2 aromatic carbocycles. The van der Waals surface area contributed by atoms with Crippen molar-refractivity contribution >= 4 is 17.6 Å². The Morgan fingerprint density at radius 1 is 0.970 bits per heavy atom. The summed E-state index contributed by atoms with van der Waals surface area (Å²) in [5.74, 6) is 0.978. The molecule has 2 aromatic heterocycles. The highest BCUT2D eigenvalue weighted by Gasteiger charge is 2.30. The molecule has 0 bridgehead atoms. The van der Waals surface area contributed by atoms with Crippen molar-refractivity contribution in [2.24, 2.45) is 4.99 Å². The van der Waals surface area contributed by atoms with Crippen LogP contribution in [-0.2, 0) is 6.42 Å². The molecule has 1 aliphatic rings. The van der Waals surface area contributed by atoms with Crippen molar-refractivity contribution in [3.63, 3.8) is 0 Å². The lowest BCUT2D eigenvalue weighted by Crippen LogP contribution is -2.33. The van der Waals surface area contributed by atoms with Gasteiger partial charge in [-0.05, 0) is 55.8 Å². The Labute approximate surface area is 193 Å². The second kappa shape index (κ2) is 8.43. The van der Waals surface area contributed by atoms with E-state index >= 15 is 0 Å². The van der Waals surface area contributed by atoms with E-state index in [-0.39, 0.29) is 5.88 Å². The molecule has 0 aliphatic carbocycles. The zero-order valence-corrected chi connectivity index (χ0v) is 19.0. The number of aliphatic imine (C=N–C) groups is 1. The summed E-state index contributed by atoms with van der Waals surface area (Å²) >= 11 is 0. The molecule has 0 radical (unpaired) electrons. The summed E-state index contributed by atoms with van der Waals surface area (Å²) in [6.07, 6.45) is 4.74. The van der Waals surface area contributed by atoms with Gasteiger partial charge < -0.3 is 9.84 Å². The van der Waals surface area contributed by atoms with Gasteiger partial charge in [-0.3, -0.25) is 9.56 Å². The lowest BCUT2D eigenvalue weighted by Gasteiger charge is -2.07. The number of para-hydroxylation sites is 1. The lowest BCUT2D eigenvalue weighted by atomic mass is 10.1. The molecule has 0 saturated heterocycles. The summed E-state index contributed by atoms with van der Waals surface area (Å²) in [4.78, 5) is 4.80. The second-order valence-electron chi connectivity index (χ2n) is 8.15. The number of allylic oxidation sites excluding steroid dienone is 1. The fraction of sp³-hybridized carbons (Fsp3) is 0.143. The van der Waals surface area contributed by atoms with Crippen molar-refractivity contribution in [3.05, 3.63) is 107 Å². The Kier molecular flexibility index (Phi) is 5.31. The lowest BCUT2D eigenvalue weighted by molar-refractivity contribution is -0.582. The highest BCUT2D eigenvalue weighted by Crippen LogP contribution is 2.38. The van der Waals surface area contributed by atoms with Crippen LogP contribution in [0.15, 0.2) is 89.6 Å². The summed E-state index contributed by atoms with van der Waals surface area (Å²) < 4.78 is 9.38. The van der Waals surface area contributed by atoms with Crippen LogP contribution in [0, 0.1) is 13.8 Å². The van der Waals surface area contributed by atoms with Gasteiger partial charge in [-0.1, -0.05) is 24.3 Å². The molecule has 5 rings (SSSR count). The molecule has 0 spiro atoms. The number of aromatic hydroxyl groups is 1. The first-order chi connectivity index (χ1) is 16.1. The van der Waals surface area contributed by atoms with Crippen LogP contribution in [0.2, 0.25) is 0 Å². The molecule has 5 nitrogen and oxygen atoms in total. The minimum absolute atomic E-state index is 0.155. The van der Waals surface area contributed by atoms with E-state index in [4.69, 9.17) is 9.73 Å². The van der Waals surface area contributed by atoms with Crippen LogP contribution in [0.3, 0.4) is 0 Å². The van der Waals surface area contributed by atoms with Crippen molar-refractivity contribution in [2.75, 3.05) is 7.11 Å². The molecule has 0 unspecified atom stereocenters. The highest BCUT2D eigenvalue weighted by molar-refractivity contribution is 5.92. The second-order valence-corrected chi connectivity index (χ2v) is 8.15. The number of nitrogens with zero attached hydrogens (tertiary/aromatic N) is 3. The van der Waals surface area contributed by atoms with E-state index in [9.17, 15) is 5.11 Å². The van der Waals surface area contributed by atoms with Gasteiger partial charge in [0.1, 0.15) is 11.4 Å². The molecule has 3 heterocycles. The third kappa shape index (κ3) is 3.61. The zero-order chi connectivity index (χ0) is 22.9. The highest BCUT2D eigenvalue weighted by atomic mass is 16.5. The van der Waals surface area contributed by atoms with Gasteiger partial charge in [-0.15, -0.1) is 0 Å². The summed E-state index contributed by atoms with van der Waals surface area (Å²) in [5.41, 5.74) is 7.91. The summed E-state index contributed by atoms with van der Waals surface area (Å²) in [5, 5.41) is 11.0. The van der Waals surface area contributed by atoms with Gasteiger partial charge in [-0.25, -0.2) is 0 Å². The van der Waals surface area contributed by atoms with Crippen molar-refractivity contribution < 1.29 is 14.4 Å². The Morgan fingerprint density at radius 2 is 1.70 bits per heavy atom. The number of methoxy groups -OCH3 is 1. The molecule has 0 amide bonds. The van der Waals surface area contributed by atoms with Crippen molar-refractivity contribution in [2.45, 2.75) is 20.3 Å². The standard InChI is InChI=1S/C28H25N3O2/c1-19-20(2)31(23-9-5-4-6-10-23)28(32)26(19)29-18-22-17-24-11-7-8-16-30(24)27(22)21-12-14-25(33-3)15-13-21/h4-16,18H,17H2,1-3H3/p+1. The Hall–Kier alpha value is -4.12. The number of benzene rings is 2. The quantitative estimate of drug-likeness (QED) is 0.340. The van der Waals surface area contributed by atoms with Gasteiger partial charge in [-0.2, -0.15) is 4.57 Å². The maximum atomic E-state index is 11.0. The number of hydrogen-bond donors (Lipinski definition) is 1. The fourth-order valence-electron chi connectivity index (χ4n) is 4.42. The Morgan fingerprint density at radius 3 is 2.42 bits per heavy atom. The van der Waals surface area contributed by atoms with Crippen LogP contribution >= 0.6 is 0 Å². The molecule has 33 heavy (non-hydrogen) atoms. The van der Waals surface area contributed by atoms with Crippen molar-refractivity contribution in [1.82, 2.24) is 4.57 Å². The number of rotatable bonds is 5. The minimum atomic E-state index is 0.155. The van der Waals surface area contributed by atoms with Crippen LogP contribution in [0.4, 0.5) is 5.69 Å². The van der Waals surface area contributed by atoms with Crippen LogP contribution in [-0.4, -0.2) is 23.0 Å². The monoisotopic (exact) mass is 436 g/mol. The van der Waals surface area contributed by atoms with Crippen LogP contribution in [0.1, 0.15) is 22.5 Å². The maximum Gasteiger partial charge on any atom is 0.223 e. The van der Waals surface area contributed by atoms with Gasteiger partial charge in [0.2, 0.25) is 11.6 Å². The van der Waals surface area contributed by atoms with E-state index in [0.29, 0.717) is 5.69 Å². The van der Waals surface area contributed by atoms with E-state index in [1.807, 2.05) is 73.2 Å². The van der Waals surface area contributed by atoms with Gasteiger partial charge in [0, 0.05) is 35.3 Å². The smallest absolute Gasteiger partial charge is 0.223 e. The first-order valence-corrected chi connectivity index (χ1v) is 11.0. The Bertz CT molecular complexity index is 1380. The SMILES string of the molecule is COc1ccc(C2=C(C=Nc3c(C)c(C)n(-c4ccccc4)c3O)Cc3cccc[n+]32)cc1. The van der Waals surface area contributed by atoms with E-state index < -0.39 is 0 Å². The Balaban J connectivity index is 1.59. The number of pyridine rings is 1. The number of aromatic nitrogens is 2. The fourth-order valence-corrected chi connectivity index (χ4v) is 4.42. The van der Waals surface area contributed by atoms with Gasteiger partial charge in [0.25, 0.3) is 0 Å². The molecular weight excluding hydrogens is 410 g/mol. The van der Waals surface area contributed by atoms with E-state index in [1.54, 1.807) is 7.11 Å². The molecule has 0 saturated carbocycles. The molecule has 1 N–H and O–H groups in total. The van der Waals surface area contributed by atoms with Crippen LogP contribution in [0.25, 0.3) is 11.4 Å². The average Bonchev–Trinajstić information content (AvgIpc) is 3.32. The molecule has 0 fully saturated rings. The molecule has 0 atom stereocenters. The third-order valence-electron chi connectivity index (χ3n) is 6.25. The zero-order valence-electron chi connectivity index (χ0n) is 19.0. The van der Waals surface area contributed by atoms with Gasteiger partial charge in [0.05, 0.1) is 19.1 Å². The average molecular weight is 437 g/mol. The predicted octanol–water partition coefficient (Wildman–Crippen LogP) is 5.31. The molecule has 164 valence electrons. The summed E-state index contributed by atoms with van der Waals surface area (Å²) in [7, 11) is 1.67. The van der Waals surface area contributed by atoms with Crippen molar-refractivity contribution in [1.29, 1.82) is 0 Å². The molecule has 5 heteroatoms. The molecule has 4 aromatic rings. The summed E-state index contributed by atoms with van der Waals surface area (Å²) in [6.45, 7) is 4.00. The van der Waals surface area contributed by atoms with Gasteiger partial charge in [0.15, 0.2) is 11.9 Å². The minimum Gasteiger partial charge on any atom is -0.497 e. The number of hydrogen-bond acceptors (Lipinski definition) is 3. The van der Waals surface area contributed by atoms with E-state index in [1.165, 1.54) is 5.69 Å². The first-order valence-electron chi connectivity index (χ1n) is 11.0. The maximum absolute atomic E-state index is 11.0. The molecule has 1 aliphatic heterocycles. The predicted molar refractivity (Wildman–Crippen MR) is 131 cm³/mol. The number of ether oxygens (including phenoxy) is 1. The summed E-state index contributed by atoms with van der Waals surface area (Å²) in [6, 6.07) is 24.1. The third-order valence-corrected chi connectivity index (χ3v) is 6.25. The van der Waals surface area contributed by atoms with Crippen LogP contribution in [0.5, 0.6) is 11.6 Å². The first kappa shape index (κ1) is 20.8.